The molecule has 0 bridgehead atoms. The van der Waals surface area contributed by atoms with Gasteiger partial charge < -0.3 is 20.1 Å². The molecule has 5 rings (SSSR count). The third kappa shape index (κ3) is 5.08. The molecule has 1 aliphatic rings. The van der Waals surface area contributed by atoms with Crippen molar-refractivity contribution in [3.05, 3.63) is 117 Å². The van der Waals surface area contributed by atoms with Crippen LogP contribution in [0.4, 0.5) is 15.8 Å². The molecule has 1 aliphatic heterocycles. The van der Waals surface area contributed by atoms with Crippen LogP contribution in [0, 0.1) is 12.7 Å². The van der Waals surface area contributed by atoms with Crippen molar-refractivity contribution < 1.29 is 14.0 Å². The van der Waals surface area contributed by atoms with E-state index in [1.165, 1.54) is 12.1 Å². The molecule has 2 N–H and O–H groups in total. The summed E-state index contributed by atoms with van der Waals surface area (Å²) in [6.45, 7) is 3.13. The number of nitrogens with zero attached hydrogens (tertiary/aromatic N) is 2. The Morgan fingerprint density at radius 2 is 1.84 bits per heavy atom. The van der Waals surface area contributed by atoms with Crippen LogP contribution in [0.3, 0.4) is 0 Å². The highest BCUT2D eigenvalue weighted by atomic mass is 35.5. The third-order valence-corrected chi connectivity index (χ3v) is 7.04. The molecule has 38 heavy (non-hydrogen) atoms. The molecule has 0 aliphatic carbocycles. The molecule has 2 heterocycles. The zero-order valence-electron chi connectivity index (χ0n) is 21.4. The van der Waals surface area contributed by atoms with E-state index in [1.54, 1.807) is 31.2 Å². The number of hydrogen-bond acceptors (Lipinski definition) is 4. The van der Waals surface area contributed by atoms with Crippen molar-refractivity contribution in [2.45, 2.75) is 26.1 Å². The van der Waals surface area contributed by atoms with Crippen LogP contribution in [-0.2, 0) is 13.1 Å². The van der Waals surface area contributed by atoms with E-state index in [9.17, 15) is 14.0 Å². The van der Waals surface area contributed by atoms with Gasteiger partial charge in [0, 0.05) is 47.0 Å². The monoisotopic (exact) mass is 530 g/mol. The Morgan fingerprint density at radius 3 is 2.61 bits per heavy atom. The number of halogens is 2. The van der Waals surface area contributed by atoms with E-state index in [0.717, 1.165) is 29.2 Å². The number of carbonyl (C=O) groups is 2. The van der Waals surface area contributed by atoms with Gasteiger partial charge in [-0.15, -0.1) is 0 Å². The Bertz CT molecular complexity index is 1550. The number of ketones is 1. The summed E-state index contributed by atoms with van der Waals surface area (Å²) in [6.07, 6.45) is 0. The molecule has 6 nitrogen and oxygen atoms in total. The van der Waals surface area contributed by atoms with Gasteiger partial charge in [0.1, 0.15) is 11.9 Å². The number of fused-ring (bicyclic) bond motifs is 2. The van der Waals surface area contributed by atoms with Gasteiger partial charge in [-0.05, 0) is 80.7 Å². The SMILES string of the molecule is Cc1ccc(F)cc1C(=O)Nc1ccc(C(=O)C2Nc3ccccc3Cn3c(CN(C)C)ccc32)c(Cl)c1. The largest absolute Gasteiger partial charge is 0.370 e. The van der Waals surface area contributed by atoms with Gasteiger partial charge in [0.25, 0.3) is 5.91 Å². The Balaban J connectivity index is 1.45. The van der Waals surface area contributed by atoms with E-state index in [0.29, 0.717) is 23.4 Å². The van der Waals surface area contributed by atoms with Crippen LogP contribution in [0.5, 0.6) is 0 Å². The van der Waals surface area contributed by atoms with E-state index in [-0.39, 0.29) is 16.4 Å². The number of Topliss-reactive ketones (excluding diaryl/α,β-unsaturated/α-hetero) is 1. The predicted octanol–water partition coefficient (Wildman–Crippen LogP) is 6.30. The summed E-state index contributed by atoms with van der Waals surface area (Å²) < 4.78 is 15.9. The fourth-order valence-corrected chi connectivity index (χ4v) is 5.09. The summed E-state index contributed by atoms with van der Waals surface area (Å²) in [5.41, 5.74) is 5.60. The molecule has 4 aromatic rings. The number of rotatable bonds is 6. The lowest BCUT2D eigenvalue weighted by atomic mass is 10.0. The number of hydrogen-bond donors (Lipinski definition) is 2. The third-order valence-electron chi connectivity index (χ3n) is 6.72. The van der Waals surface area contributed by atoms with Crippen LogP contribution in [0.25, 0.3) is 0 Å². The van der Waals surface area contributed by atoms with Crippen molar-refractivity contribution in [1.29, 1.82) is 0 Å². The molecule has 0 fully saturated rings. The minimum atomic E-state index is -0.651. The van der Waals surface area contributed by atoms with Gasteiger partial charge >= 0.3 is 0 Å². The van der Waals surface area contributed by atoms with E-state index < -0.39 is 17.8 Å². The molecule has 1 amide bonds. The van der Waals surface area contributed by atoms with Gasteiger partial charge in [0.05, 0.1) is 5.02 Å². The lowest BCUT2D eigenvalue weighted by Gasteiger charge is -2.20. The lowest BCUT2D eigenvalue weighted by molar-refractivity contribution is 0.0966. The van der Waals surface area contributed by atoms with Gasteiger partial charge in [-0.3, -0.25) is 9.59 Å². The van der Waals surface area contributed by atoms with Gasteiger partial charge in [0.15, 0.2) is 5.78 Å². The Hall–Kier alpha value is -3.94. The fraction of sp³-hybridized carbons (Fsp3) is 0.200. The first-order valence-electron chi connectivity index (χ1n) is 12.3. The first-order chi connectivity index (χ1) is 18.2. The predicted molar refractivity (Wildman–Crippen MR) is 149 cm³/mol. The van der Waals surface area contributed by atoms with Crippen LogP contribution >= 0.6 is 11.6 Å². The minimum Gasteiger partial charge on any atom is -0.370 e. The summed E-state index contributed by atoms with van der Waals surface area (Å²) in [4.78, 5) is 28.7. The molecular formula is C30H28ClFN4O2. The zero-order chi connectivity index (χ0) is 27.0. The minimum absolute atomic E-state index is 0.179. The second kappa shape index (κ2) is 10.4. The molecule has 0 radical (unpaired) electrons. The maximum atomic E-state index is 13.9. The van der Waals surface area contributed by atoms with Gasteiger partial charge in [0.2, 0.25) is 0 Å². The fourth-order valence-electron chi connectivity index (χ4n) is 4.82. The van der Waals surface area contributed by atoms with Gasteiger partial charge in [-0.1, -0.05) is 35.9 Å². The van der Waals surface area contributed by atoms with Crippen molar-refractivity contribution >= 4 is 34.7 Å². The van der Waals surface area contributed by atoms with E-state index in [2.05, 4.69) is 32.2 Å². The maximum Gasteiger partial charge on any atom is 0.256 e. The molecule has 1 unspecified atom stereocenters. The van der Waals surface area contributed by atoms with E-state index in [1.807, 2.05) is 38.4 Å². The molecule has 1 atom stereocenters. The van der Waals surface area contributed by atoms with Crippen LogP contribution in [0.1, 0.15) is 49.3 Å². The zero-order valence-corrected chi connectivity index (χ0v) is 22.1. The average molecular weight is 531 g/mol. The Morgan fingerprint density at radius 1 is 1.05 bits per heavy atom. The molecule has 8 heteroatoms. The molecule has 0 spiro atoms. The number of anilines is 2. The second-order valence-electron chi connectivity index (χ2n) is 9.78. The van der Waals surface area contributed by atoms with E-state index in [4.69, 9.17) is 11.6 Å². The molecule has 3 aromatic carbocycles. The van der Waals surface area contributed by atoms with Crippen LogP contribution in [-0.4, -0.2) is 35.3 Å². The summed E-state index contributed by atoms with van der Waals surface area (Å²) in [5, 5.41) is 6.40. The molecule has 0 saturated carbocycles. The Labute approximate surface area is 226 Å². The van der Waals surface area contributed by atoms with Gasteiger partial charge in [-0.2, -0.15) is 0 Å². The molecule has 194 valence electrons. The van der Waals surface area contributed by atoms with Crippen molar-refractivity contribution in [1.82, 2.24) is 9.47 Å². The maximum absolute atomic E-state index is 13.9. The number of aryl methyl sites for hydroxylation is 1. The number of para-hydroxylation sites is 1. The van der Waals surface area contributed by atoms with E-state index >= 15 is 0 Å². The normalized spacial score (nSPS) is 14.3. The van der Waals surface area contributed by atoms with Crippen LogP contribution in [0.15, 0.2) is 72.8 Å². The summed E-state index contributed by atoms with van der Waals surface area (Å²) in [6, 6.07) is 20.2. The standard InChI is InChI=1S/C30H28ClFN4O2/c1-18-8-9-20(32)14-24(18)30(38)33-21-10-12-23(25(31)15-21)29(37)28-27-13-11-22(17-35(2)3)36(27)16-19-6-4-5-7-26(19)34-28/h4-15,28,34H,16-17H2,1-3H3,(H,33,38). The van der Waals surface area contributed by atoms with Crippen molar-refractivity contribution in [3.8, 4) is 0 Å². The summed E-state index contributed by atoms with van der Waals surface area (Å²) >= 11 is 6.60. The van der Waals surface area contributed by atoms with Crippen molar-refractivity contribution in [2.75, 3.05) is 24.7 Å². The number of aromatic nitrogens is 1. The van der Waals surface area contributed by atoms with Crippen LogP contribution in [0.2, 0.25) is 5.02 Å². The number of nitrogens with one attached hydrogen (secondary N) is 2. The lowest BCUT2D eigenvalue weighted by Crippen LogP contribution is -2.23. The highest BCUT2D eigenvalue weighted by molar-refractivity contribution is 6.34. The average Bonchev–Trinajstić information content (AvgIpc) is 3.16. The quantitative estimate of drug-likeness (QED) is 0.287. The van der Waals surface area contributed by atoms with Crippen molar-refractivity contribution in [3.63, 3.8) is 0 Å². The topological polar surface area (TPSA) is 66.4 Å². The second-order valence-corrected chi connectivity index (χ2v) is 10.2. The summed E-state index contributed by atoms with van der Waals surface area (Å²) in [7, 11) is 4.03. The first kappa shape index (κ1) is 25.7. The first-order valence-corrected chi connectivity index (χ1v) is 12.7. The van der Waals surface area contributed by atoms with Crippen LogP contribution < -0.4 is 10.6 Å². The highest BCUT2D eigenvalue weighted by Gasteiger charge is 2.30. The highest BCUT2D eigenvalue weighted by Crippen LogP contribution is 2.34. The molecule has 1 aromatic heterocycles. The number of carbonyl (C=O) groups excluding carboxylic acids is 2. The number of benzene rings is 3. The Kier molecular flexibility index (Phi) is 7.06. The number of amides is 1. The molecule has 0 saturated heterocycles. The summed E-state index contributed by atoms with van der Waals surface area (Å²) in [5.74, 6) is -1.12. The molecular weight excluding hydrogens is 503 g/mol. The van der Waals surface area contributed by atoms with Gasteiger partial charge in [-0.25, -0.2) is 4.39 Å². The van der Waals surface area contributed by atoms with Crippen molar-refractivity contribution in [2.24, 2.45) is 0 Å². The smallest absolute Gasteiger partial charge is 0.256 e.